The van der Waals surface area contributed by atoms with Gasteiger partial charge in [0.2, 0.25) is 0 Å². The van der Waals surface area contributed by atoms with E-state index in [1.807, 2.05) is 6.92 Å². The highest BCUT2D eigenvalue weighted by atomic mass is 79.9. The Morgan fingerprint density at radius 1 is 1.40 bits per heavy atom. The van der Waals surface area contributed by atoms with E-state index in [1.54, 1.807) is 24.3 Å². The van der Waals surface area contributed by atoms with E-state index in [1.165, 1.54) is 0 Å². The van der Waals surface area contributed by atoms with Crippen LogP contribution in [0, 0.1) is 5.92 Å². The fourth-order valence-corrected chi connectivity index (χ4v) is 4.34. The van der Waals surface area contributed by atoms with Crippen molar-refractivity contribution in [1.82, 2.24) is 5.32 Å². The van der Waals surface area contributed by atoms with Crippen LogP contribution in [0.4, 0.5) is 0 Å². The van der Waals surface area contributed by atoms with Crippen LogP contribution in [0.15, 0.2) is 33.6 Å². The van der Waals surface area contributed by atoms with Crippen LogP contribution in [0.2, 0.25) is 0 Å². The lowest BCUT2D eigenvalue weighted by molar-refractivity contribution is 0.179. The zero-order valence-electron chi connectivity index (χ0n) is 11.5. The van der Waals surface area contributed by atoms with Crippen molar-refractivity contribution in [3.05, 3.63) is 28.7 Å². The van der Waals surface area contributed by atoms with Crippen LogP contribution in [-0.2, 0) is 14.6 Å². The summed E-state index contributed by atoms with van der Waals surface area (Å²) in [5, 5.41) is 3.29. The zero-order chi connectivity index (χ0) is 14.6. The largest absolute Gasteiger partial charge is 0.381 e. The lowest BCUT2D eigenvalue weighted by Gasteiger charge is -2.23. The molecule has 1 N–H and O–H groups in total. The summed E-state index contributed by atoms with van der Waals surface area (Å²) in [6.45, 7) is 4.13. The number of benzene rings is 1. The van der Waals surface area contributed by atoms with Gasteiger partial charge in [-0.3, -0.25) is 0 Å². The molecule has 0 radical (unpaired) electrons. The normalized spacial score (nSPS) is 21.0. The first-order valence-corrected chi connectivity index (χ1v) is 9.27. The van der Waals surface area contributed by atoms with Gasteiger partial charge in [0.15, 0.2) is 9.84 Å². The van der Waals surface area contributed by atoms with E-state index in [9.17, 15) is 8.42 Å². The van der Waals surface area contributed by atoms with Crippen molar-refractivity contribution in [2.45, 2.75) is 24.3 Å². The van der Waals surface area contributed by atoms with Crippen molar-refractivity contribution < 1.29 is 13.2 Å². The third-order valence-electron chi connectivity index (χ3n) is 3.57. The molecule has 112 valence electrons. The molecule has 4 nitrogen and oxygen atoms in total. The fourth-order valence-electron chi connectivity index (χ4n) is 2.47. The van der Waals surface area contributed by atoms with Crippen LogP contribution >= 0.6 is 15.9 Å². The number of sulfone groups is 1. The van der Waals surface area contributed by atoms with Crippen molar-refractivity contribution in [3.63, 3.8) is 0 Å². The summed E-state index contributed by atoms with van der Waals surface area (Å²) >= 11 is 3.32. The Morgan fingerprint density at radius 3 is 2.65 bits per heavy atom. The molecule has 20 heavy (non-hydrogen) atoms. The molecule has 1 aromatic carbocycles. The van der Waals surface area contributed by atoms with Crippen LogP contribution < -0.4 is 5.32 Å². The summed E-state index contributed by atoms with van der Waals surface area (Å²) < 4.78 is 31.2. The number of nitrogens with one attached hydrogen (secondary N) is 1. The fraction of sp³-hybridized carbons (Fsp3) is 0.571. The van der Waals surface area contributed by atoms with Gasteiger partial charge in [-0.25, -0.2) is 8.42 Å². The lowest BCUT2D eigenvalue weighted by Crippen LogP contribution is -2.42. The maximum absolute atomic E-state index is 12.5. The van der Waals surface area contributed by atoms with Gasteiger partial charge in [0.05, 0.1) is 17.3 Å². The molecule has 0 spiro atoms. The predicted octanol–water partition coefficient (Wildman–Crippen LogP) is 2.24. The summed E-state index contributed by atoms with van der Waals surface area (Å²) in [6.07, 6.45) is 0.924. The minimum absolute atomic E-state index is 0.0452. The predicted molar refractivity (Wildman–Crippen MR) is 82.6 cm³/mol. The van der Waals surface area contributed by atoms with E-state index >= 15 is 0 Å². The standard InChI is InChI=1S/C14H20BrNO3S/c1-2-16-14(11-7-8-19-9-11)10-20(17,18)13-5-3-12(15)4-6-13/h3-6,11,14,16H,2,7-10H2,1H3. The summed E-state index contributed by atoms with van der Waals surface area (Å²) in [7, 11) is -3.27. The van der Waals surface area contributed by atoms with E-state index < -0.39 is 9.84 Å². The molecule has 6 heteroatoms. The van der Waals surface area contributed by atoms with Crippen molar-refractivity contribution in [1.29, 1.82) is 0 Å². The van der Waals surface area contributed by atoms with E-state index in [0.717, 1.165) is 24.0 Å². The minimum atomic E-state index is -3.27. The topological polar surface area (TPSA) is 55.4 Å². The van der Waals surface area contributed by atoms with Crippen molar-refractivity contribution in [3.8, 4) is 0 Å². The van der Waals surface area contributed by atoms with Crippen LogP contribution in [0.25, 0.3) is 0 Å². The average molecular weight is 362 g/mol. The van der Waals surface area contributed by atoms with E-state index in [4.69, 9.17) is 4.74 Å². The minimum Gasteiger partial charge on any atom is -0.381 e. The van der Waals surface area contributed by atoms with Gasteiger partial charge < -0.3 is 10.1 Å². The Hall–Kier alpha value is -0.430. The third kappa shape index (κ3) is 4.04. The number of halogens is 1. The highest BCUT2D eigenvalue weighted by Crippen LogP contribution is 2.22. The van der Waals surface area contributed by atoms with Gasteiger partial charge >= 0.3 is 0 Å². The molecule has 0 amide bonds. The summed E-state index contributed by atoms with van der Waals surface area (Å²) in [6, 6.07) is 6.76. The Kier molecular flexibility index (Phi) is 5.60. The van der Waals surface area contributed by atoms with Gasteiger partial charge in [0.1, 0.15) is 0 Å². The van der Waals surface area contributed by atoms with E-state index in [-0.39, 0.29) is 17.7 Å². The van der Waals surface area contributed by atoms with Gasteiger partial charge in [-0.05, 0) is 37.2 Å². The van der Waals surface area contributed by atoms with Gasteiger partial charge in [-0.15, -0.1) is 0 Å². The second-order valence-corrected chi connectivity index (χ2v) is 7.97. The van der Waals surface area contributed by atoms with E-state index in [0.29, 0.717) is 11.5 Å². The summed E-state index contributed by atoms with van der Waals surface area (Å²) in [4.78, 5) is 0.377. The Morgan fingerprint density at radius 2 is 2.10 bits per heavy atom. The van der Waals surface area contributed by atoms with Gasteiger partial charge in [0.25, 0.3) is 0 Å². The Balaban J connectivity index is 2.13. The molecule has 0 aromatic heterocycles. The molecular weight excluding hydrogens is 342 g/mol. The van der Waals surface area contributed by atoms with Crippen LogP contribution in [-0.4, -0.2) is 40.0 Å². The van der Waals surface area contributed by atoms with Crippen molar-refractivity contribution in [2.24, 2.45) is 5.92 Å². The maximum atomic E-state index is 12.5. The molecule has 1 aliphatic heterocycles. The molecule has 0 bridgehead atoms. The molecule has 2 unspecified atom stereocenters. The molecule has 1 aromatic rings. The van der Waals surface area contributed by atoms with Crippen LogP contribution in [0.5, 0.6) is 0 Å². The molecular formula is C14H20BrNO3S. The Labute approximate surface area is 129 Å². The molecule has 1 heterocycles. The van der Waals surface area contributed by atoms with E-state index in [2.05, 4.69) is 21.2 Å². The van der Waals surface area contributed by atoms with Gasteiger partial charge in [-0.1, -0.05) is 22.9 Å². The quantitative estimate of drug-likeness (QED) is 0.843. The lowest BCUT2D eigenvalue weighted by atomic mass is 10.0. The van der Waals surface area contributed by atoms with Crippen LogP contribution in [0.3, 0.4) is 0 Å². The SMILES string of the molecule is CCNC(CS(=O)(=O)c1ccc(Br)cc1)C1CCOC1. The van der Waals surface area contributed by atoms with Crippen molar-refractivity contribution in [2.75, 3.05) is 25.5 Å². The summed E-state index contributed by atoms with van der Waals surface area (Å²) in [5.74, 6) is 0.399. The number of ether oxygens (including phenoxy) is 1. The summed E-state index contributed by atoms with van der Waals surface area (Å²) in [5.41, 5.74) is 0. The van der Waals surface area contributed by atoms with Crippen molar-refractivity contribution >= 4 is 25.8 Å². The highest BCUT2D eigenvalue weighted by Gasteiger charge is 2.30. The first kappa shape index (κ1) is 15.9. The molecule has 2 rings (SSSR count). The molecule has 1 fully saturated rings. The average Bonchev–Trinajstić information content (AvgIpc) is 2.92. The molecule has 1 saturated heterocycles. The molecule has 1 aliphatic rings. The molecule has 0 aliphatic carbocycles. The first-order valence-electron chi connectivity index (χ1n) is 6.82. The zero-order valence-corrected chi connectivity index (χ0v) is 13.9. The monoisotopic (exact) mass is 361 g/mol. The maximum Gasteiger partial charge on any atom is 0.179 e. The number of hydrogen-bond acceptors (Lipinski definition) is 4. The number of rotatable bonds is 6. The van der Waals surface area contributed by atoms with Gasteiger partial charge in [-0.2, -0.15) is 0 Å². The smallest absolute Gasteiger partial charge is 0.179 e. The van der Waals surface area contributed by atoms with Crippen LogP contribution in [0.1, 0.15) is 13.3 Å². The van der Waals surface area contributed by atoms with Gasteiger partial charge in [0, 0.05) is 23.0 Å². The number of hydrogen-bond donors (Lipinski definition) is 1. The second-order valence-electron chi connectivity index (χ2n) is 5.02. The molecule has 0 saturated carbocycles. The second kappa shape index (κ2) is 7.02. The Bertz CT molecular complexity index is 524. The third-order valence-corrected chi connectivity index (χ3v) is 5.89. The highest BCUT2D eigenvalue weighted by molar-refractivity contribution is 9.10. The first-order chi connectivity index (χ1) is 9.53. The molecule has 2 atom stereocenters.